The van der Waals surface area contributed by atoms with Gasteiger partial charge in [-0.05, 0) is 55.1 Å². The number of para-hydroxylation sites is 1. The number of piperidine rings is 1. The molecule has 5 heteroatoms. The van der Waals surface area contributed by atoms with Crippen LogP contribution in [0.25, 0.3) is 0 Å². The minimum absolute atomic E-state index is 0.164. The molecule has 0 bridgehead atoms. The number of nitrogens with one attached hydrogen (secondary N) is 1. The molecule has 28 heavy (non-hydrogen) atoms. The number of carbonyl (C=O) groups excluding carboxylic acids is 1. The van der Waals surface area contributed by atoms with E-state index in [1.807, 2.05) is 23.1 Å². The van der Waals surface area contributed by atoms with Crippen molar-refractivity contribution in [1.29, 1.82) is 0 Å². The average Bonchev–Trinajstić information content (AvgIpc) is 3.40. The number of nitrogens with zero attached hydrogens (tertiary/aromatic N) is 1. The van der Waals surface area contributed by atoms with Crippen LogP contribution in [-0.4, -0.2) is 38.8 Å². The normalized spacial score (nSPS) is 27.4. The summed E-state index contributed by atoms with van der Waals surface area (Å²) in [5.41, 5.74) is 3.61. The van der Waals surface area contributed by atoms with Gasteiger partial charge in [0.15, 0.2) is 0 Å². The van der Waals surface area contributed by atoms with E-state index in [9.17, 15) is 4.79 Å². The highest BCUT2D eigenvalue weighted by Crippen LogP contribution is 2.54. The van der Waals surface area contributed by atoms with Crippen LogP contribution in [0.2, 0.25) is 0 Å². The molecule has 2 aromatic rings. The monoisotopic (exact) mass is 376 g/mol. The van der Waals surface area contributed by atoms with Crippen LogP contribution in [0.3, 0.4) is 0 Å². The fourth-order valence-corrected chi connectivity index (χ4v) is 5.37. The molecule has 0 saturated carbocycles. The predicted molar refractivity (Wildman–Crippen MR) is 106 cm³/mol. The number of hydrogen-bond acceptors (Lipinski definition) is 4. The molecule has 0 aliphatic carbocycles. The summed E-state index contributed by atoms with van der Waals surface area (Å²) >= 11 is 0. The third-order valence-electron chi connectivity index (χ3n) is 6.80. The van der Waals surface area contributed by atoms with Crippen LogP contribution in [0.1, 0.15) is 29.5 Å². The summed E-state index contributed by atoms with van der Waals surface area (Å²) in [5.74, 6) is 2.36. The molecule has 1 N–H and O–H groups in total. The van der Waals surface area contributed by atoms with Gasteiger partial charge in [-0.3, -0.25) is 4.79 Å². The smallest absolute Gasteiger partial charge is 0.245 e. The Bertz CT molecular complexity index is 966. The lowest BCUT2D eigenvalue weighted by molar-refractivity contribution is -0.122. The van der Waals surface area contributed by atoms with Gasteiger partial charge < -0.3 is 19.7 Å². The largest absolute Gasteiger partial charge is 0.493 e. The Morgan fingerprint density at radius 3 is 2.96 bits per heavy atom. The number of amides is 1. The van der Waals surface area contributed by atoms with Crippen molar-refractivity contribution < 1.29 is 14.3 Å². The molecule has 144 valence electrons. The number of rotatable bonds is 2. The molecule has 0 aromatic heterocycles. The Morgan fingerprint density at radius 1 is 1.14 bits per heavy atom. The summed E-state index contributed by atoms with van der Waals surface area (Å²) in [5, 5.41) is 3.48. The number of ether oxygens (including phenoxy) is 2. The summed E-state index contributed by atoms with van der Waals surface area (Å²) in [6.07, 6.45) is 3.24. The number of benzene rings is 2. The lowest BCUT2D eigenvalue weighted by Gasteiger charge is -2.29. The van der Waals surface area contributed by atoms with Crippen LogP contribution in [0, 0.1) is 5.92 Å². The van der Waals surface area contributed by atoms with Gasteiger partial charge in [0, 0.05) is 30.3 Å². The van der Waals surface area contributed by atoms with Crippen molar-refractivity contribution in [2.75, 3.05) is 37.7 Å². The minimum atomic E-state index is -0.717. The summed E-state index contributed by atoms with van der Waals surface area (Å²) in [7, 11) is 0. The lowest BCUT2D eigenvalue weighted by Crippen LogP contribution is -2.46. The zero-order valence-electron chi connectivity index (χ0n) is 15.9. The number of anilines is 1. The maximum atomic E-state index is 13.9. The molecule has 1 amide bonds. The van der Waals surface area contributed by atoms with E-state index in [-0.39, 0.29) is 5.91 Å². The standard InChI is InChI=1S/C23H24N2O3/c26-22-23(14-28-21-11-20-16(7-9-27-20)10-18(21)23)17-5-1-2-6-19(17)25(22)13-15-4-3-8-24-12-15/h1-2,5-6,10-11,15,24H,3-4,7-9,12-14H2. The molecule has 2 atom stereocenters. The first-order chi connectivity index (χ1) is 13.8. The predicted octanol–water partition coefficient (Wildman–Crippen LogP) is 2.65. The third kappa shape index (κ3) is 2.14. The second-order valence-corrected chi connectivity index (χ2v) is 8.39. The molecule has 1 fully saturated rings. The first-order valence-corrected chi connectivity index (χ1v) is 10.3. The van der Waals surface area contributed by atoms with Crippen LogP contribution in [0.15, 0.2) is 36.4 Å². The van der Waals surface area contributed by atoms with Crippen molar-refractivity contribution in [2.45, 2.75) is 24.7 Å². The Balaban J connectivity index is 1.46. The van der Waals surface area contributed by atoms with E-state index in [1.165, 1.54) is 18.4 Å². The molecule has 4 aliphatic heterocycles. The lowest BCUT2D eigenvalue weighted by atomic mass is 9.76. The maximum absolute atomic E-state index is 13.9. The second-order valence-electron chi connectivity index (χ2n) is 8.39. The molecule has 6 rings (SSSR count). The Kier molecular flexibility index (Phi) is 3.51. The van der Waals surface area contributed by atoms with Gasteiger partial charge in [-0.2, -0.15) is 0 Å². The van der Waals surface area contributed by atoms with Gasteiger partial charge in [-0.1, -0.05) is 18.2 Å². The number of hydrogen-bond donors (Lipinski definition) is 1. The van der Waals surface area contributed by atoms with E-state index in [4.69, 9.17) is 9.47 Å². The fraction of sp³-hybridized carbons (Fsp3) is 0.435. The van der Waals surface area contributed by atoms with Crippen molar-refractivity contribution >= 4 is 11.6 Å². The zero-order valence-corrected chi connectivity index (χ0v) is 15.9. The van der Waals surface area contributed by atoms with Gasteiger partial charge in [-0.25, -0.2) is 0 Å². The first-order valence-electron chi connectivity index (χ1n) is 10.3. The van der Waals surface area contributed by atoms with Crippen molar-refractivity contribution in [3.63, 3.8) is 0 Å². The van der Waals surface area contributed by atoms with Crippen LogP contribution < -0.4 is 19.7 Å². The van der Waals surface area contributed by atoms with E-state index in [2.05, 4.69) is 23.5 Å². The van der Waals surface area contributed by atoms with Gasteiger partial charge in [-0.15, -0.1) is 0 Å². The first kappa shape index (κ1) is 16.4. The van der Waals surface area contributed by atoms with Gasteiger partial charge in [0.2, 0.25) is 5.91 Å². The van der Waals surface area contributed by atoms with Gasteiger partial charge >= 0.3 is 0 Å². The van der Waals surface area contributed by atoms with Crippen LogP contribution in [-0.2, 0) is 16.6 Å². The Labute approximate surface area is 164 Å². The van der Waals surface area contributed by atoms with Crippen molar-refractivity contribution in [3.05, 3.63) is 53.1 Å². The molecule has 1 saturated heterocycles. The number of carbonyl (C=O) groups is 1. The zero-order chi connectivity index (χ0) is 18.7. The highest BCUT2D eigenvalue weighted by Gasteiger charge is 2.57. The van der Waals surface area contributed by atoms with Gasteiger partial charge in [0.1, 0.15) is 23.5 Å². The SMILES string of the molecule is O=C1N(CC2CCCNC2)c2ccccc2C12COc1cc3c(cc12)CCO3. The molecule has 0 radical (unpaired) electrons. The summed E-state index contributed by atoms with van der Waals surface area (Å²) in [6, 6.07) is 12.4. The summed E-state index contributed by atoms with van der Waals surface area (Å²) in [6.45, 7) is 3.92. The van der Waals surface area contributed by atoms with Crippen molar-refractivity contribution in [2.24, 2.45) is 5.92 Å². The topological polar surface area (TPSA) is 50.8 Å². The van der Waals surface area contributed by atoms with Gasteiger partial charge in [0.25, 0.3) is 0 Å². The Hall–Kier alpha value is -2.53. The van der Waals surface area contributed by atoms with Gasteiger partial charge in [0.05, 0.1) is 6.61 Å². The van der Waals surface area contributed by atoms with E-state index in [0.29, 0.717) is 19.1 Å². The Morgan fingerprint density at radius 2 is 2.07 bits per heavy atom. The maximum Gasteiger partial charge on any atom is 0.245 e. The van der Waals surface area contributed by atoms with E-state index in [1.54, 1.807) is 0 Å². The average molecular weight is 376 g/mol. The molecule has 1 spiro atoms. The van der Waals surface area contributed by atoms with E-state index < -0.39 is 5.41 Å². The molecule has 4 heterocycles. The van der Waals surface area contributed by atoms with E-state index >= 15 is 0 Å². The van der Waals surface area contributed by atoms with E-state index in [0.717, 1.165) is 54.4 Å². The number of fused-ring (bicyclic) bond motifs is 5. The van der Waals surface area contributed by atoms with Crippen molar-refractivity contribution in [3.8, 4) is 11.5 Å². The molecular formula is C23H24N2O3. The molecular weight excluding hydrogens is 352 g/mol. The molecule has 2 unspecified atom stereocenters. The van der Waals surface area contributed by atoms with Crippen LogP contribution in [0.4, 0.5) is 5.69 Å². The van der Waals surface area contributed by atoms with Crippen LogP contribution >= 0.6 is 0 Å². The highest BCUT2D eigenvalue weighted by atomic mass is 16.5. The second kappa shape index (κ2) is 5.98. The third-order valence-corrected chi connectivity index (χ3v) is 6.80. The quantitative estimate of drug-likeness (QED) is 0.876. The summed E-state index contributed by atoms with van der Waals surface area (Å²) < 4.78 is 11.8. The highest BCUT2D eigenvalue weighted by molar-refractivity contribution is 6.11. The molecule has 2 aromatic carbocycles. The molecule has 4 aliphatic rings. The van der Waals surface area contributed by atoms with Crippen molar-refractivity contribution in [1.82, 2.24) is 5.32 Å². The van der Waals surface area contributed by atoms with Crippen LogP contribution in [0.5, 0.6) is 11.5 Å². The summed E-state index contributed by atoms with van der Waals surface area (Å²) in [4.78, 5) is 15.9. The fourth-order valence-electron chi connectivity index (χ4n) is 5.37. The minimum Gasteiger partial charge on any atom is -0.493 e. The molecule has 5 nitrogen and oxygen atoms in total.